The van der Waals surface area contributed by atoms with Gasteiger partial charge in [-0.1, -0.05) is 45.0 Å². The third-order valence-electron chi connectivity index (χ3n) is 3.21. The van der Waals surface area contributed by atoms with Crippen LogP contribution >= 0.6 is 12.4 Å². The van der Waals surface area contributed by atoms with Crippen molar-refractivity contribution >= 4 is 18.3 Å². The number of hydrogen-bond donors (Lipinski definition) is 2. The second-order valence-electron chi connectivity index (χ2n) is 5.24. The van der Waals surface area contributed by atoms with Crippen LogP contribution in [0.5, 0.6) is 0 Å². The number of hydrogen-bond acceptors (Lipinski definition) is 2. The van der Waals surface area contributed by atoms with Crippen LogP contribution in [0.1, 0.15) is 31.9 Å². The molecule has 19 heavy (non-hydrogen) atoms. The summed E-state index contributed by atoms with van der Waals surface area (Å²) in [5.41, 5.74) is 2.55. The third kappa shape index (κ3) is 5.62. The summed E-state index contributed by atoms with van der Waals surface area (Å²) in [7, 11) is 1.77. The highest BCUT2D eigenvalue weighted by atomic mass is 35.5. The van der Waals surface area contributed by atoms with Gasteiger partial charge in [0, 0.05) is 12.0 Å². The predicted octanol–water partition coefficient (Wildman–Crippen LogP) is 2.28. The maximum absolute atomic E-state index is 11.4. The molecule has 1 rings (SSSR count). The molecule has 3 nitrogen and oxygen atoms in total. The molecule has 0 aromatic heterocycles. The Labute approximate surface area is 122 Å². The zero-order chi connectivity index (χ0) is 13.6. The van der Waals surface area contributed by atoms with Crippen LogP contribution in [-0.2, 0) is 16.6 Å². The van der Waals surface area contributed by atoms with Crippen LogP contribution in [0.25, 0.3) is 0 Å². The second-order valence-corrected chi connectivity index (χ2v) is 5.24. The fraction of sp³-hybridized carbons (Fsp3) is 0.533. The van der Waals surface area contributed by atoms with Gasteiger partial charge >= 0.3 is 0 Å². The number of likely N-dealkylation sites (N-methyl/N-ethyl adjacent to an activating group) is 1. The Morgan fingerprint density at radius 1 is 1.21 bits per heavy atom. The van der Waals surface area contributed by atoms with E-state index < -0.39 is 0 Å². The van der Waals surface area contributed by atoms with Crippen molar-refractivity contribution in [3.63, 3.8) is 0 Å². The van der Waals surface area contributed by atoms with Crippen molar-refractivity contribution < 1.29 is 4.79 Å². The first-order chi connectivity index (χ1) is 8.49. The van der Waals surface area contributed by atoms with Gasteiger partial charge in [-0.2, -0.15) is 0 Å². The normalized spacial score (nSPS) is 10.7. The molecule has 0 unspecified atom stereocenters. The van der Waals surface area contributed by atoms with Gasteiger partial charge < -0.3 is 10.6 Å². The summed E-state index contributed by atoms with van der Waals surface area (Å²) >= 11 is 0. The van der Waals surface area contributed by atoms with Crippen molar-refractivity contribution in [1.29, 1.82) is 0 Å². The smallest absolute Gasteiger partial charge is 0.233 e. The number of amides is 1. The minimum absolute atomic E-state index is 0. The highest BCUT2D eigenvalue weighted by Gasteiger charge is 2.21. The van der Waals surface area contributed by atoms with Crippen LogP contribution in [0, 0.1) is 0 Å². The van der Waals surface area contributed by atoms with Crippen molar-refractivity contribution in [1.82, 2.24) is 10.6 Å². The fourth-order valence-electron chi connectivity index (χ4n) is 1.84. The Hall–Kier alpha value is -1.06. The number of rotatable bonds is 6. The first kappa shape index (κ1) is 17.9. The molecule has 0 aliphatic heterocycles. The standard InChI is InChI=1S/C15H24N2O.ClH/c1-5-12-6-8-13(9-7-12)15(2,3)11-17-14(18)10-16-4;/h6-9,16H,5,10-11H2,1-4H3,(H,17,18);1H. The summed E-state index contributed by atoms with van der Waals surface area (Å²) in [4.78, 5) is 11.4. The summed E-state index contributed by atoms with van der Waals surface area (Å²) in [5.74, 6) is 0.0377. The number of benzene rings is 1. The Kier molecular flexibility index (Phi) is 7.72. The lowest BCUT2D eigenvalue weighted by Crippen LogP contribution is -2.40. The molecule has 2 N–H and O–H groups in total. The fourth-order valence-corrected chi connectivity index (χ4v) is 1.84. The van der Waals surface area contributed by atoms with Gasteiger partial charge in [-0.25, -0.2) is 0 Å². The van der Waals surface area contributed by atoms with E-state index in [1.54, 1.807) is 7.05 Å². The quantitative estimate of drug-likeness (QED) is 0.841. The highest BCUT2D eigenvalue weighted by molar-refractivity contribution is 5.85. The molecule has 0 saturated carbocycles. The molecule has 0 aliphatic rings. The van der Waals surface area contributed by atoms with Crippen LogP contribution in [0.15, 0.2) is 24.3 Å². The molecule has 4 heteroatoms. The lowest BCUT2D eigenvalue weighted by Gasteiger charge is -2.26. The van der Waals surface area contributed by atoms with Gasteiger partial charge in [-0.05, 0) is 24.6 Å². The third-order valence-corrected chi connectivity index (χ3v) is 3.21. The Morgan fingerprint density at radius 2 is 1.79 bits per heavy atom. The average molecular weight is 285 g/mol. The zero-order valence-corrected chi connectivity index (χ0v) is 13.1. The van der Waals surface area contributed by atoms with Crippen molar-refractivity contribution in [3.05, 3.63) is 35.4 Å². The summed E-state index contributed by atoms with van der Waals surface area (Å²) in [6.07, 6.45) is 1.06. The van der Waals surface area contributed by atoms with Crippen molar-refractivity contribution in [3.8, 4) is 0 Å². The van der Waals surface area contributed by atoms with E-state index >= 15 is 0 Å². The average Bonchev–Trinajstić information content (AvgIpc) is 2.37. The summed E-state index contributed by atoms with van der Waals surface area (Å²) in [5, 5.41) is 5.80. The maximum Gasteiger partial charge on any atom is 0.233 e. The number of nitrogens with one attached hydrogen (secondary N) is 2. The largest absolute Gasteiger partial charge is 0.354 e. The van der Waals surface area contributed by atoms with Crippen LogP contribution in [0.3, 0.4) is 0 Å². The minimum atomic E-state index is -0.0460. The molecular weight excluding hydrogens is 260 g/mol. The van der Waals surface area contributed by atoms with Crippen LogP contribution in [-0.4, -0.2) is 26.0 Å². The van der Waals surface area contributed by atoms with Gasteiger partial charge in [0.15, 0.2) is 0 Å². The molecular formula is C15H25ClN2O. The molecule has 0 aliphatic carbocycles. The van der Waals surface area contributed by atoms with E-state index in [2.05, 4.69) is 55.7 Å². The van der Waals surface area contributed by atoms with Gasteiger partial charge in [-0.15, -0.1) is 12.4 Å². The Bertz CT molecular complexity index is 388. The van der Waals surface area contributed by atoms with E-state index in [-0.39, 0.29) is 23.7 Å². The summed E-state index contributed by atoms with van der Waals surface area (Å²) in [6.45, 7) is 7.46. The highest BCUT2D eigenvalue weighted by Crippen LogP contribution is 2.22. The van der Waals surface area contributed by atoms with E-state index in [1.807, 2.05) is 0 Å². The van der Waals surface area contributed by atoms with E-state index in [4.69, 9.17) is 0 Å². The van der Waals surface area contributed by atoms with Gasteiger partial charge in [0.25, 0.3) is 0 Å². The predicted molar refractivity (Wildman–Crippen MR) is 83.0 cm³/mol. The van der Waals surface area contributed by atoms with Crippen molar-refractivity contribution in [2.75, 3.05) is 20.1 Å². The molecule has 0 saturated heterocycles. The molecule has 0 atom stereocenters. The maximum atomic E-state index is 11.4. The van der Waals surface area contributed by atoms with Gasteiger partial charge in [0.1, 0.15) is 0 Å². The summed E-state index contributed by atoms with van der Waals surface area (Å²) in [6, 6.07) is 8.63. The molecule has 0 spiro atoms. The molecule has 0 heterocycles. The van der Waals surface area contributed by atoms with E-state index in [0.717, 1.165) is 6.42 Å². The molecule has 1 amide bonds. The number of halogens is 1. The molecule has 1 aromatic carbocycles. The SMILES string of the molecule is CCc1ccc(C(C)(C)CNC(=O)CNC)cc1.Cl. The number of carbonyl (C=O) groups excluding carboxylic acids is 1. The van der Waals surface area contributed by atoms with E-state index in [1.165, 1.54) is 11.1 Å². The van der Waals surface area contributed by atoms with Crippen LogP contribution in [0.4, 0.5) is 0 Å². The van der Waals surface area contributed by atoms with Crippen LogP contribution < -0.4 is 10.6 Å². The monoisotopic (exact) mass is 284 g/mol. The van der Waals surface area contributed by atoms with Gasteiger partial charge in [0.05, 0.1) is 6.54 Å². The van der Waals surface area contributed by atoms with E-state index in [0.29, 0.717) is 13.1 Å². The zero-order valence-electron chi connectivity index (χ0n) is 12.2. The van der Waals surface area contributed by atoms with E-state index in [9.17, 15) is 4.79 Å². The lowest BCUT2D eigenvalue weighted by atomic mass is 9.84. The van der Waals surface area contributed by atoms with Crippen molar-refractivity contribution in [2.45, 2.75) is 32.6 Å². The number of carbonyl (C=O) groups is 1. The molecule has 0 radical (unpaired) electrons. The number of aryl methyl sites for hydroxylation is 1. The lowest BCUT2D eigenvalue weighted by molar-refractivity contribution is -0.120. The molecule has 0 bridgehead atoms. The topological polar surface area (TPSA) is 41.1 Å². The first-order valence-corrected chi connectivity index (χ1v) is 6.50. The van der Waals surface area contributed by atoms with Gasteiger partial charge in [-0.3, -0.25) is 4.79 Å². The molecule has 1 aromatic rings. The minimum Gasteiger partial charge on any atom is -0.354 e. The first-order valence-electron chi connectivity index (χ1n) is 6.50. The van der Waals surface area contributed by atoms with Crippen molar-refractivity contribution in [2.24, 2.45) is 0 Å². The Morgan fingerprint density at radius 3 is 2.26 bits per heavy atom. The second kappa shape index (κ2) is 8.18. The molecule has 0 fully saturated rings. The Balaban J connectivity index is 0.00000324. The molecule has 108 valence electrons. The van der Waals surface area contributed by atoms with Gasteiger partial charge in [0.2, 0.25) is 5.91 Å². The summed E-state index contributed by atoms with van der Waals surface area (Å²) < 4.78 is 0. The van der Waals surface area contributed by atoms with Crippen LogP contribution in [0.2, 0.25) is 0 Å².